The zero-order valence-corrected chi connectivity index (χ0v) is 9.52. The van der Waals surface area contributed by atoms with Crippen molar-refractivity contribution >= 4 is 18.0 Å². The van der Waals surface area contributed by atoms with Gasteiger partial charge >= 0.3 is 12.1 Å². The fraction of sp³-hybridized carbons (Fsp3) is 0.667. The Morgan fingerprint density at radius 2 is 2.00 bits per heavy atom. The normalized spacial score (nSPS) is 12.0. The molecule has 0 bridgehead atoms. The Bertz CT molecular complexity index is 279. The van der Waals surface area contributed by atoms with Crippen LogP contribution in [0, 0.1) is 0 Å². The van der Waals surface area contributed by atoms with E-state index in [4.69, 9.17) is 5.11 Å². The Morgan fingerprint density at radius 3 is 2.38 bits per heavy atom. The van der Waals surface area contributed by atoms with Gasteiger partial charge in [0.1, 0.15) is 6.04 Å². The molecular weight excluding hydrogens is 216 g/mol. The summed E-state index contributed by atoms with van der Waals surface area (Å²) in [6.07, 6.45) is -0.487. The van der Waals surface area contributed by atoms with Crippen LogP contribution in [0.25, 0.3) is 0 Å². The molecule has 7 heteroatoms. The number of nitrogens with zero attached hydrogens (tertiary/aromatic N) is 1. The van der Waals surface area contributed by atoms with E-state index in [0.717, 1.165) is 7.11 Å². The fourth-order valence-electron chi connectivity index (χ4n) is 1.22. The molecule has 0 saturated heterocycles. The number of ether oxygens (including phenoxy) is 1. The van der Waals surface area contributed by atoms with Gasteiger partial charge in [-0.15, -0.1) is 0 Å². The summed E-state index contributed by atoms with van der Waals surface area (Å²) in [4.78, 5) is 34.0. The molecule has 0 aliphatic heterocycles. The lowest BCUT2D eigenvalue weighted by atomic mass is 10.2. The molecule has 0 aromatic carbocycles. The number of carbonyl (C=O) groups excluding carboxylic acids is 2. The van der Waals surface area contributed by atoms with E-state index in [1.54, 1.807) is 6.92 Å². The molecule has 0 rings (SSSR count). The molecule has 0 fully saturated rings. The number of aliphatic carboxylic acids is 1. The number of methoxy groups -OCH3 is 1. The van der Waals surface area contributed by atoms with Crippen molar-refractivity contribution in [2.75, 3.05) is 20.7 Å². The molecule has 0 heterocycles. The van der Waals surface area contributed by atoms with Gasteiger partial charge in [-0.1, -0.05) is 6.92 Å². The molecule has 0 spiro atoms. The van der Waals surface area contributed by atoms with Gasteiger partial charge in [-0.2, -0.15) is 0 Å². The number of alkyl carbamates (subject to hydrolysis) is 1. The number of hydrogen-bond acceptors (Lipinski definition) is 5. The predicted octanol–water partition coefficient (Wildman–Crippen LogP) is -0.336. The zero-order valence-electron chi connectivity index (χ0n) is 9.52. The molecule has 16 heavy (non-hydrogen) atoms. The van der Waals surface area contributed by atoms with Gasteiger partial charge in [0, 0.05) is 0 Å². The van der Waals surface area contributed by atoms with E-state index in [2.05, 4.69) is 4.74 Å². The summed E-state index contributed by atoms with van der Waals surface area (Å²) in [5, 5.41) is 10.8. The van der Waals surface area contributed by atoms with E-state index in [1.807, 2.05) is 5.32 Å². The smallest absolute Gasteiger partial charge is 0.413 e. The van der Waals surface area contributed by atoms with Crippen molar-refractivity contribution in [2.24, 2.45) is 0 Å². The summed E-state index contributed by atoms with van der Waals surface area (Å²) in [7, 11) is 2.64. The molecule has 0 aliphatic rings. The lowest BCUT2D eigenvalue weighted by molar-refractivity contribution is -0.143. The van der Waals surface area contributed by atoms with Crippen LogP contribution < -0.4 is 5.32 Å². The first kappa shape index (κ1) is 14.4. The number of carboxylic acid groups (broad SMARTS) is 1. The Kier molecular flexibility index (Phi) is 6.09. The molecule has 2 N–H and O–H groups in total. The number of likely N-dealkylation sites (N-methyl/N-ethyl adjacent to an activating group) is 1. The van der Waals surface area contributed by atoms with Crippen LogP contribution in [0.2, 0.25) is 0 Å². The third-order valence-electron chi connectivity index (χ3n) is 2.02. The molecule has 7 nitrogen and oxygen atoms in total. The number of carboxylic acids is 1. The maximum atomic E-state index is 11.2. The fourth-order valence-corrected chi connectivity index (χ4v) is 1.22. The Balaban J connectivity index is 4.22. The largest absolute Gasteiger partial charge is 0.480 e. The Labute approximate surface area is 93.4 Å². The van der Waals surface area contributed by atoms with Gasteiger partial charge in [-0.05, 0) is 13.5 Å². The van der Waals surface area contributed by atoms with Crippen molar-refractivity contribution in [3.05, 3.63) is 0 Å². The summed E-state index contributed by atoms with van der Waals surface area (Å²) in [5.74, 6) is -1.61. The number of hydrogen-bond donors (Lipinski definition) is 2. The van der Waals surface area contributed by atoms with Gasteiger partial charge < -0.3 is 9.84 Å². The van der Waals surface area contributed by atoms with Gasteiger partial charge in [0.25, 0.3) is 0 Å². The predicted molar refractivity (Wildman–Crippen MR) is 54.9 cm³/mol. The Morgan fingerprint density at radius 1 is 1.44 bits per heavy atom. The monoisotopic (exact) mass is 232 g/mol. The number of amides is 2. The van der Waals surface area contributed by atoms with Crippen molar-refractivity contribution < 1.29 is 24.2 Å². The van der Waals surface area contributed by atoms with Gasteiger partial charge in [0.15, 0.2) is 0 Å². The maximum absolute atomic E-state index is 11.2. The molecule has 0 radical (unpaired) electrons. The van der Waals surface area contributed by atoms with Crippen LogP contribution in [0.3, 0.4) is 0 Å². The van der Waals surface area contributed by atoms with Gasteiger partial charge in [0.05, 0.1) is 13.7 Å². The molecule has 0 aromatic rings. The second-order valence-corrected chi connectivity index (χ2v) is 3.22. The van der Waals surface area contributed by atoms with Crippen molar-refractivity contribution in [1.29, 1.82) is 0 Å². The van der Waals surface area contributed by atoms with Crippen LogP contribution in [-0.4, -0.2) is 54.7 Å². The van der Waals surface area contributed by atoms with Crippen LogP contribution >= 0.6 is 0 Å². The van der Waals surface area contributed by atoms with Gasteiger partial charge in [-0.3, -0.25) is 19.8 Å². The van der Waals surface area contributed by atoms with Gasteiger partial charge in [0.2, 0.25) is 5.91 Å². The summed E-state index contributed by atoms with van der Waals surface area (Å²) in [5.41, 5.74) is 0. The molecule has 1 unspecified atom stereocenters. The number of imide groups is 1. The first-order chi connectivity index (χ1) is 7.42. The van der Waals surface area contributed by atoms with Crippen molar-refractivity contribution in [1.82, 2.24) is 10.2 Å². The first-order valence-electron chi connectivity index (χ1n) is 4.73. The molecule has 0 aliphatic carbocycles. The minimum Gasteiger partial charge on any atom is -0.480 e. The maximum Gasteiger partial charge on any atom is 0.413 e. The summed E-state index contributed by atoms with van der Waals surface area (Å²) in [6.45, 7) is 1.52. The van der Waals surface area contributed by atoms with Crippen LogP contribution in [0.4, 0.5) is 4.79 Å². The SMILES string of the molecule is CCC(C(=O)O)N(C)CC(=O)NC(=O)OC. The lowest BCUT2D eigenvalue weighted by Gasteiger charge is -2.22. The number of nitrogens with one attached hydrogen (secondary N) is 1. The van der Waals surface area contributed by atoms with Gasteiger partial charge in [-0.25, -0.2) is 4.79 Å². The van der Waals surface area contributed by atoms with E-state index in [9.17, 15) is 14.4 Å². The minimum absolute atomic E-state index is 0.181. The summed E-state index contributed by atoms with van der Waals surface area (Å²) < 4.78 is 4.23. The third kappa shape index (κ3) is 4.74. The summed E-state index contributed by atoms with van der Waals surface area (Å²) >= 11 is 0. The standard InChI is InChI=1S/C9H16N2O5/c1-4-6(8(13)14)11(2)5-7(12)10-9(15)16-3/h6H,4-5H2,1-3H3,(H,13,14)(H,10,12,15). The van der Waals surface area contributed by atoms with E-state index < -0.39 is 24.0 Å². The summed E-state index contributed by atoms with van der Waals surface area (Å²) in [6, 6.07) is -0.747. The molecular formula is C9H16N2O5. The van der Waals surface area contributed by atoms with Crippen LogP contribution in [-0.2, 0) is 14.3 Å². The van der Waals surface area contributed by atoms with Crippen LogP contribution in [0.5, 0.6) is 0 Å². The molecule has 0 saturated carbocycles. The number of rotatable bonds is 5. The first-order valence-corrected chi connectivity index (χ1v) is 4.73. The van der Waals surface area contributed by atoms with E-state index >= 15 is 0 Å². The van der Waals surface area contributed by atoms with Crippen LogP contribution in [0.1, 0.15) is 13.3 Å². The van der Waals surface area contributed by atoms with Crippen molar-refractivity contribution in [3.63, 3.8) is 0 Å². The Hall–Kier alpha value is -1.63. The van der Waals surface area contributed by atoms with Crippen LogP contribution in [0.15, 0.2) is 0 Å². The van der Waals surface area contributed by atoms with Crippen molar-refractivity contribution in [2.45, 2.75) is 19.4 Å². The number of carbonyl (C=O) groups is 3. The molecule has 0 aromatic heterocycles. The molecule has 1 atom stereocenters. The second-order valence-electron chi connectivity index (χ2n) is 3.22. The molecule has 2 amide bonds. The average Bonchev–Trinajstić information content (AvgIpc) is 2.17. The van der Waals surface area contributed by atoms with Crippen molar-refractivity contribution in [3.8, 4) is 0 Å². The topological polar surface area (TPSA) is 95.9 Å². The quantitative estimate of drug-likeness (QED) is 0.673. The minimum atomic E-state index is -1.00. The molecule has 92 valence electrons. The highest BCUT2D eigenvalue weighted by Gasteiger charge is 2.22. The average molecular weight is 232 g/mol. The highest BCUT2D eigenvalue weighted by atomic mass is 16.5. The highest BCUT2D eigenvalue weighted by molar-refractivity contribution is 5.93. The third-order valence-corrected chi connectivity index (χ3v) is 2.02. The van der Waals surface area contributed by atoms with E-state index in [-0.39, 0.29) is 6.54 Å². The second kappa shape index (κ2) is 6.78. The van der Waals surface area contributed by atoms with E-state index in [0.29, 0.717) is 6.42 Å². The lowest BCUT2D eigenvalue weighted by Crippen LogP contribution is -2.45. The highest BCUT2D eigenvalue weighted by Crippen LogP contribution is 2.01. The zero-order chi connectivity index (χ0) is 12.7. The van der Waals surface area contributed by atoms with E-state index in [1.165, 1.54) is 11.9 Å².